The zero-order valence-electron chi connectivity index (χ0n) is 12.6. The second kappa shape index (κ2) is 7.04. The average molecular weight is 264 g/mol. The Hall–Kier alpha value is -0.900. The van der Waals surface area contributed by atoms with Crippen molar-refractivity contribution in [3.05, 3.63) is 11.9 Å². The monoisotopic (exact) mass is 264 g/mol. The summed E-state index contributed by atoms with van der Waals surface area (Å²) in [5.41, 5.74) is 1.15. The number of aromatic nitrogens is 3. The van der Waals surface area contributed by atoms with Gasteiger partial charge in [0.05, 0.1) is 5.69 Å². The van der Waals surface area contributed by atoms with Gasteiger partial charge in [0, 0.05) is 19.3 Å². The first-order valence-electron chi connectivity index (χ1n) is 7.81. The summed E-state index contributed by atoms with van der Waals surface area (Å²) in [6.45, 7) is 5.58. The molecular formula is C15H28N4. The summed E-state index contributed by atoms with van der Waals surface area (Å²) >= 11 is 0. The van der Waals surface area contributed by atoms with Crippen LogP contribution in [0, 0.1) is 11.8 Å². The van der Waals surface area contributed by atoms with Crippen LogP contribution in [0.4, 0.5) is 0 Å². The smallest absolute Gasteiger partial charge is 0.0830 e. The molecule has 0 aliphatic heterocycles. The molecule has 1 N–H and O–H groups in total. The molecule has 19 heavy (non-hydrogen) atoms. The fraction of sp³-hybridized carbons (Fsp3) is 0.867. The minimum atomic E-state index is 0.667. The van der Waals surface area contributed by atoms with E-state index in [4.69, 9.17) is 0 Å². The lowest BCUT2D eigenvalue weighted by Gasteiger charge is -2.36. The van der Waals surface area contributed by atoms with Gasteiger partial charge in [-0.25, -0.2) is 0 Å². The van der Waals surface area contributed by atoms with E-state index >= 15 is 0 Å². The lowest BCUT2D eigenvalue weighted by molar-refractivity contribution is 0.194. The predicted molar refractivity (Wildman–Crippen MR) is 77.9 cm³/mol. The molecule has 3 atom stereocenters. The molecule has 1 heterocycles. The van der Waals surface area contributed by atoms with Crippen LogP contribution < -0.4 is 5.32 Å². The third-order valence-electron chi connectivity index (χ3n) is 4.38. The second-order valence-corrected chi connectivity index (χ2v) is 5.98. The van der Waals surface area contributed by atoms with Gasteiger partial charge in [0.1, 0.15) is 0 Å². The van der Waals surface area contributed by atoms with Gasteiger partial charge in [-0.05, 0) is 44.1 Å². The Morgan fingerprint density at radius 1 is 1.37 bits per heavy atom. The highest BCUT2D eigenvalue weighted by atomic mass is 15.4. The molecule has 2 rings (SSSR count). The largest absolute Gasteiger partial charge is 0.314 e. The van der Waals surface area contributed by atoms with Crippen LogP contribution in [0.2, 0.25) is 0 Å². The summed E-state index contributed by atoms with van der Waals surface area (Å²) in [6, 6.07) is 0.667. The summed E-state index contributed by atoms with van der Waals surface area (Å²) in [4.78, 5) is 0. The maximum Gasteiger partial charge on any atom is 0.0830 e. The average Bonchev–Trinajstić information content (AvgIpc) is 2.79. The lowest BCUT2D eigenvalue weighted by atomic mass is 9.74. The van der Waals surface area contributed by atoms with E-state index in [1.54, 1.807) is 0 Å². The normalized spacial score (nSPS) is 27.6. The first-order valence-corrected chi connectivity index (χ1v) is 7.81. The molecule has 0 radical (unpaired) electrons. The van der Waals surface area contributed by atoms with Crippen LogP contribution in [0.3, 0.4) is 0 Å². The summed E-state index contributed by atoms with van der Waals surface area (Å²) < 4.78 is 1.81. The number of hydrogen-bond donors (Lipinski definition) is 1. The maximum atomic E-state index is 4.26. The van der Waals surface area contributed by atoms with Crippen LogP contribution in [-0.2, 0) is 13.5 Å². The Balaban J connectivity index is 1.98. The third-order valence-corrected chi connectivity index (χ3v) is 4.38. The number of rotatable bonds is 6. The van der Waals surface area contributed by atoms with Gasteiger partial charge in [-0.2, -0.15) is 0 Å². The molecule has 1 aliphatic carbocycles. The van der Waals surface area contributed by atoms with Crippen molar-refractivity contribution < 1.29 is 0 Å². The Kier molecular flexibility index (Phi) is 5.37. The van der Waals surface area contributed by atoms with Gasteiger partial charge in [0.2, 0.25) is 0 Å². The molecule has 0 bridgehead atoms. The van der Waals surface area contributed by atoms with Crippen LogP contribution in [0.1, 0.15) is 51.6 Å². The van der Waals surface area contributed by atoms with E-state index < -0.39 is 0 Å². The molecule has 1 aromatic heterocycles. The molecule has 4 nitrogen and oxygen atoms in total. The predicted octanol–water partition coefficient (Wildman–Crippen LogP) is 2.55. The van der Waals surface area contributed by atoms with Crippen molar-refractivity contribution in [1.82, 2.24) is 20.3 Å². The van der Waals surface area contributed by atoms with E-state index in [0.29, 0.717) is 6.04 Å². The van der Waals surface area contributed by atoms with E-state index in [-0.39, 0.29) is 0 Å². The quantitative estimate of drug-likeness (QED) is 0.858. The molecule has 0 spiro atoms. The van der Waals surface area contributed by atoms with Gasteiger partial charge in [0.25, 0.3) is 0 Å². The van der Waals surface area contributed by atoms with Crippen molar-refractivity contribution in [3.63, 3.8) is 0 Å². The van der Waals surface area contributed by atoms with Crippen LogP contribution in [-0.4, -0.2) is 27.6 Å². The van der Waals surface area contributed by atoms with Gasteiger partial charge >= 0.3 is 0 Å². The molecule has 1 saturated carbocycles. The SMILES string of the molecule is CCCC1CCC(NCC)C(Cc2cn(C)nn2)C1. The molecule has 1 aliphatic rings. The van der Waals surface area contributed by atoms with Gasteiger partial charge in [-0.3, -0.25) is 4.68 Å². The van der Waals surface area contributed by atoms with Crippen LogP contribution in [0.25, 0.3) is 0 Å². The van der Waals surface area contributed by atoms with Crippen LogP contribution >= 0.6 is 0 Å². The molecule has 0 aromatic carbocycles. The van der Waals surface area contributed by atoms with E-state index in [9.17, 15) is 0 Å². The maximum absolute atomic E-state index is 4.26. The van der Waals surface area contributed by atoms with Gasteiger partial charge < -0.3 is 5.32 Å². The zero-order valence-corrected chi connectivity index (χ0v) is 12.6. The summed E-state index contributed by atoms with van der Waals surface area (Å²) in [5.74, 6) is 1.64. The topological polar surface area (TPSA) is 42.7 Å². The van der Waals surface area contributed by atoms with Crippen molar-refractivity contribution in [2.45, 2.75) is 58.4 Å². The third kappa shape index (κ3) is 4.03. The van der Waals surface area contributed by atoms with Crippen LogP contribution in [0.15, 0.2) is 6.20 Å². The van der Waals surface area contributed by atoms with E-state index in [2.05, 4.69) is 35.7 Å². The van der Waals surface area contributed by atoms with Crippen molar-refractivity contribution >= 4 is 0 Å². The summed E-state index contributed by atoms with van der Waals surface area (Å²) in [7, 11) is 1.94. The van der Waals surface area contributed by atoms with Crippen molar-refractivity contribution in [3.8, 4) is 0 Å². The Morgan fingerprint density at radius 3 is 2.84 bits per heavy atom. The van der Waals surface area contributed by atoms with Crippen molar-refractivity contribution in [1.29, 1.82) is 0 Å². The standard InChI is InChI=1S/C15H28N4/c1-4-6-12-7-8-15(16-5-2)13(9-12)10-14-11-19(3)18-17-14/h11-13,15-16H,4-10H2,1-3H3. The molecule has 1 aromatic rings. The molecule has 1 fully saturated rings. The summed E-state index contributed by atoms with van der Waals surface area (Å²) in [5, 5.41) is 12.0. The molecule has 4 heteroatoms. The van der Waals surface area contributed by atoms with E-state index in [0.717, 1.165) is 30.5 Å². The molecule has 108 valence electrons. The Morgan fingerprint density at radius 2 is 2.21 bits per heavy atom. The van der Waals surface area contributed by atoms with E-state index in [1.807, 2.05) is 11.7 Å². The van der Waals surface area contributed by atoms with Gasteiger partial charge in [-0.1, -0.05) is 31.9 Å². The zero-order chi connectivity index (χ0) is 13.7. The minimum absolute atomic E-state index is 0.667. The number of hydrogen-bond acceptors (Lipinski definition) is 3. The highest BCUT2D eigenvalue weighted by Crippen LogP contribution is 2.33. The first kappa shape index (κ1) is 14.5. The van der Waals surface area contributed by atoms with Gasteiger partial charge in [0.15, 0.2) is 0 Å². The first-order chi connectivity index (χ1) is 9.22. The Labute approximate surface area is 117 Å². The molecule has 0 amide bonds. The fourth-order valence-electron chi connectivity index (χ4n) is 3.55. The molecule has 0 saturated heterocycles. The van der Waals surface area contributed by atoms with Crippen molar-refractivity contribution in [2.24, 2.45) is 18.9 Å². The molecule has 3 unspecified atom stereocenters. The molecular weight excluding hydrogens is 236 g/mol. The number of aryl methyl sites for hydroxylation is 1. The van der Waals surface area contributed by atoms with Crippen molar-refractivity contribution in [2.75, 3.05) is 6.54 Å². The van der Waals surface area contributed by atoms with Gasteiger partial charge in [-0.15, -0.1) is 5.10 Å². The van der Waals surface area contributed by atoms with E-state index in [1.165, 1.54) is 32.1 Å². The number of nitrogens with one attached hydrogen (secondary N) is 1. The highest BCUT2D eigenvalue weighted by molar-refractivity contribution is 4.98. The lowest BCUT2D eigenvalue weighted by Crippen LogP contribution is -2.41. The Bertz CT molecular complexity index is 374. The van der Waals surface area contributed by atoms with Crippen LogP contribution in [0.5, 0.6) is 0 Å². The minimum Gasteiger partial charge on any atom is -0.314 e. The fourth-order valence-corrected chi connectivity index (χ4v) is 3.55. The number of nitrogens with zero attached hydrogens (tertiary/aromatic N) is 3. The summed E-state index contributed by atoms with van der Waals surface area (Å²) in [6.07, 6.45) is 9.90. The highest BCUT2D eigenvalue weighted by Gasteiger charge is 2.30. The second-order valence-electron chi connectivity index (χ2n) is 5.98.